The Labute approximate surface area is 139 Å². The van der Waals surface area contributed by atoms with Gasteiger partial charge < -0.3 is 4.74 Å². The maximum absolute atomic E-state index is 12.1. The summed E-state index contributed by atoms with van der Waals surface area (Å²) in [7, 11) is 0. The molecule has 0 amide bonds. The Kier molecular flexibility index (Phi) is 5.79. The molecule has 0 saturated carbocycles. The summed E-state index contributed by atoms with van der Waals surface area (Å²) in [5.41, 5.74) is 1.03. The minimum atomic E-state index is -0.859. The molecule has 124 valence electrons. The van der Waals surface area contributed by atoms with E-state index in [-0.39, 0.29) is 24.4 Å². The number of carbonyl (C=O) groups excluding carboxylic acids is 1. The number of esters is 1. The number of aromatic nitrogens is 1. The van der Waals surface area contributed by atoms with E-state index in [1.807, 2.05) is 18.2 Å². The van der Waals surface area contributed by atoms with Crippen LogP contribution in [0, 0.1) is 21.4 Å². The highest BCUT2D eigenvalue weighted by Crippen LogP contribution is 2.30. The van der Waals surface area contributed by atoms with Gasteiger partial charge in [-0.05, 0) is 25.8 Å². The highest BCUT2D eigenvalue weighted by molar-refractivity contribution is 5.80. The van der Waals surface area contributed by atoms with Crippen molar-refractivity contribution < 1.29 is 14.5 Å². The minimum absolute atomic E-state index is 0.0992. The predicted octanol–water partition coefficient (Wildman–Crippen LogP) is 3.28. The summed E-state index contributed by atoms with van der Waals surface area (Å²) in [6.45, 7) is 1.86. The van der Waals surface area contributed by atoms with Crippen molar-refractivity contribution in [3.63, 3.8) is 0 Å². The summed E-state index contributed by atoms with van der Waals surface area (Å²) < 4.78 is 4.98. The van der Waals surface area contributed by atoms with Gasteiger partial charge in [0.2, 0.25) is 0 Å². The molecule has 0 aliphatic heterocycles. The van der Waals surface area contributed by atoms with E-state index >= 15 is 0 Å². The maximum atomic E-state index is 12.1. The second-order valence-corrected chi connectivity index (χ2v) is 5.17. The van der Waals surface area contributed by atoms with Crippen LogP contribution in [0.5, 0.6) is 0 Å². The van der Waals surface area contributed by atoms with E-state index in [0.29, 0.717) is 11.3 Å². The van der Waals surface area contributed by atoms with Crippen molar-refractivity contribution >= 4 is 17.2 Å². The molecule has 1 aromatic rings. The van der Waals surface area contributed by atoms with Gasteiger partial charge in [0, 0.05) is 11.6 Å². The number of nitriles is 1. The first kappa shape index (κ1) is 17.3. The highest BCUT2D eigenvalue weighted by Gasteiger charge is 2.27. The fourth-order valence-electron chi connectivity index (χ4n) is 2.45. The van der Waals surface area contributed by atoms with Crippen molar-refractivity contribution in [2.75, 3.05) is 6.61 Å². The smallest absolute Gasteiger partial charge is 0.316 e. The summed E-state index contributed by atoms with van der Waals surface area (Å²) in [5.74, 6) is -1.41. The lowest BCUT2D eigenvalue weighted by Gasteiger charge is -2.14. The van der Waals surface area contributed by atoms with E-state index < -0.39 is 16.8 Å². The first-order valence-corrected chi connectivity index (χ1v) is 7.64. The molecule has 24 heavy (non-hydrogen) atoms. The van der Waals surface area contributed by atoms with Crippen molar-refractivity contribution in [2.45, 2.75) is 32.1 Å². The first-order chi connectivity index (χ1) is 11.6. The molecular weight excluding hydrogens is 310 g/mol. The number of hydrogen-bond acceptors (Lipinski definition) is 6. The van der Waals surface area contributed by atoms with Gasteiger partial charge in [-0.2, -0.15) is 5.26 Å². The van der Waals surface area contributed by atoms with Gasteiger partial charge in [0.05, 0.1) is 29.7 Å². The number of carbonyl (C=O) groups is 1. The zero-order valence-electron chi connectivity index (χ0n) is 13.3. The zero-order valence-corrected chi connectivity index (χ0v) is 13.3. The van der Waals surface area contributed by atoms with Crippen LogP contribution in [0.25, 0.3) is 5.57 Å². The highest BCUT2D eigenvalue weighted by atomic mass is 16.6. The van der Waals surface area contributed by atoms with Crippen molar-refractivity contribution in [1.29, 1.82) is 5.26 Å². The number of nitro groups is 1. The molecule has 1 aliphatic carbocycles. The van der Waals surface area contributed by atoms with E-state index in [1.54, 1.807) is 13.0 Å². The van der Waals surface area contributed by atoms with Gasteiger partial charge in [0.15, 0.2) is 0 Å². The molecule has 1 heterocycles. The van der Waals surface area contributed by atoms with Crippen LogP contribution in [-0.4, -0.2) is 22.5 Å². The van der Waals surface area contributed by atoms with Gasteiger partial charge >= 0.3 is 5.97 Å². The van der Waals surface area contributed by atoms with Crippen molar-refractivity contribution in [2.24, 2.45) is 0 Å². The quantitative estimate of drug-likeness (QED) is 0.451. The molecule has 0 fully saturated rings. The van der Waals surface area contributed by atoms with Crippen LogP contribution in [0.1, 0.15) is 43.5 Å². The first-order valence-electron chi connectivity index (χ1n) is 7.64. The Morgan fingerprint density at radius 1 is 1.50 bits per heavy atom. The minimum Gasteiger partial charge on any atom is -0.465 e. The normalized spacial score (nSPS) is 14.4. The van der Waals surface area contributed by atoms with Gasteiger partial charge in [-0.1, -0.05) is 18.2 Å². The number of allylic oxidation sites excluding steroid dienone is 4. The fourth-order valence-corrected chi connectivity index (χ4v) is 2.45. The Hall–Kier alpha value is -3.01. The average Bonchev–Trinajstić information content (AvgIpc) is 2.60. The Morgan fingerprint density at radius 2 is 2.29 bits per heavy atom. The molecule has 7 nitrogen and oxygen atoms in total. The molecule has 0 saturated heterocycles. The fraction of sp³-hybridized carbons (Fsp3) is 0.353. The summed E-state index contributed by atoms with van der Waals surface area (Å²) >= 11 is 0. The molecule has 1 aliphatic rings. The molecule has 7 heteroatoms. The zero-order chi connectivity index (χ0) is 17.5. The maximum Gasteiger partial charge on any atom is 0.316 e. The lowest BCUT2D eigenvalue weighted by molar-refractivity contribution is -0.385. The van der Waals surface area contributed by atoms with Crippen LogP contribution in [-0.2, 0) is 9.53 Å². The molecule has 2 rings (SSSR count). The summed E-state index contributed by atoms with van der Waals surface area (Å²) in [6.07, 6.45) is 7.13. The van der Waals surface area contributed by atoms with E-state index in [0.717, 1.165) is 12.8 Å². The largest absolute Gasteiger partial charge is 0.465 e. The number of nitrogens with zero attached hydrogens (tertiary/aromatic N) is 3. The van der Waals surface area contributed by atoms with Crippen LogP contribution in [0.15, 0.2) is 30.4 Å². The Morgan fingerprint density at radius 3 is 2.88 bits per heavy atom. The summed E-state index contributed by atoms with van der Waals surface area (Å²) in [5, 5.41) is 20.2. The summed E-state index contributed by atoms with van der Waals surface area (Å²) in [4.78, 5) is 27.2. The van der Waals surface area contributed by atoms with Gasteiger partial charge in [-0.25, -0.2) is 4.98 Å². The molecule has 0 N–H and O–H groups in total. The van der Waals surface area contributed by atoms with Crippen LogP contribution >= 0.6 is 0 Å². The summed E-state index contributed by atoms with van der Waals surface area (Å²) in [6, 6.07) is 4.67. The van der Waals surface area contributed by atoms with E-state index in [1.165, 1.54) is 12.1 Å². The van der Waals surface area contributed by atoms with E-state index in [9.17, 15) is 14.9 Å². The molecular formula is C17H17N3O4. The van der Waals surface area contributed by atoms with Gasteiger partial charge in [-0.3, -0.25) is 14.9 Å². The second kappa shape index (κ2) is 8.02. The standard InChI is InChI=1S/C17H17N3O4/c1-2-24-17(21)13(10-11-18)14-8-9-15(20(22)23)16(19-14)12-6-4-3-5-7-12/h4,6-9,13H,2-3,5,10H2,1H3. The monoisotopic (exact) mass is 327 g/mol. The van der Waals surface area contributed by atoms with E-state index in [2.05, 4.69) is 4.98 Å². The van der Waals surface area contributed by atoms with Crippen LogP contribution in [0.4, 0.5) is 5.69 Å². The molecule has 0 aromatic carbocycles. The van der Waals surface area contributed by atoms with Gasteiger partial charge in [0.25, 0.3) is 5.69 Å². The lowest BCUT2D eigenvalue weighted by atomic mass is 9.98. The number of ether oxygens (including phenoxy) is 1. The third kappa shape index (κ3) is 3.84. The second-order valence-electron chi connectivity index (χ2n) is 5.17. The van der Waals surface area contributed by atoms with Gasteiger partial charge in [0.1, 0.15) is 11.6 Å². The van der Waals surface area contributed by atoms with Crippen LogP contribution < -0.4 is 0 Å². The van der Waals surface area contributed by atoms with Crippen molar-refractivity contribution in [1.82, 2.24) is 4.98 Å². The average molecular weight is 327 g/mol. The van der Waals surface area contributed by atoms with Gasteiger partial charge in [-0.15, -0.1) is 0 Å². The van der Waals surface area contributed by atoms with E-state index in [4.69, 9.17) is 10.00 Å². The SMILES string of the molecule is CCOC(=O)C(CC#N)c1ccc([N+](=O)[O-])c(C2=CCCC=C2)n1. The molecule has 1 unspecified atom stereocenters. The molecule has 1 atom stereocenters. The third-order valence-corrected chi connectivity index (χ3v) is 3.58. The van der Waals surface area contributed by atoms with Crippen LogP contribution in [0.2, 0.25) is 0 Å². The lowest BCUT2D eigenvalue weighted by Crippen LogP contribution is -2.17. The number of hydrogen-bond donors (Lipinski definition) is 0. The van der Waals surface area contributed by atoms with Crippen molar-refractivity contribution in [3.8, 4) is 6.07 Å². The predicted molar refractivity (Wildman–Crippen MR) is 86.8 cm³/mol. The Balaban J connectivity index is 2.50. The number of pyridine rings is 1. The van der Waals surface area contributed by atoms with Crippen LogP contribution in [0.3, 0.4) is 0 Å². The topological polar surface area (TPSA) is 106 Å². The molecule has 0 radical (unpaired) electrons. The van der Waals surface area contributed by atoms with Crippen molar-refractivity contribution in [3.05, 3.63) is 51.9 Å². The third-order valence-electron chi connectivity index (χ3n) is 3.58. The molecule has 0 spiro atoms. The molecule has 1 aromatic heterocycles. The molecule has 0 bridgehead atoms. The number of rotatable bonds is 6. The Bertz CT molecular complexity index is 747.